The molecule has 1 atom stereocenters. The van der Waals surface area contributed by atoms with Gasteiger partial charge in [0.05, 0.1) is 13.2 Å². The van der Waals surface area contributed by atoms with Crippen LogP contribution in [0.15, 0.2) is 42.5 Å². The van der Waals surface area contributed by atoms with E-state index in [0.29, 0.717) is 17.0 Å². The van der Waals surface area contributed by atoms with Gasteiger partial charge in [0.25, 0.3) is 5.91 Å². The number of halogens is 1. The largest absolute Gasteiger partial charge is 0.497 e. The molecule has 5 heteroatoms. The van der Waals surface area contributed by atoms with Crippen LogP contribution >= 0.6 is 11.6 Å². The highest BCUT2D eigenvalue weighted by Gasteiger charge is 2.35. The molecule has 0 unspecified atom stereocenters. The minimum Gasteiger partial charge on any atom is -0.497 e. The fourth-order valence-electron chi connectivity index (χ4n) is 2.96. The highest BCUT2D eigenvalue weighted by molar-refractivity contribution is 6.30. The number of amides is 1. The summed E-state index contributed by atoms with van der Waals surface area (Å²) in [4.78, 5) is 12.6. The molecule has 0 aliphatic carbocycles. The zero-order chi connectivity index (χ0) is 17.3. The normalized spacial score (nSPS) is 18.2. The third-order valence-corrected chi connectivity index (χ3v) is 4.30. The van der Waals surface area contributed by atoms with E-state index < -0.39 is 0 Å². The summed E-state index contributed by atoms with van der Waals surface area (Å²) in [7, 11) is 1.62. The van der Waals surface area contributed by atoms with E-state index >= 15 is 0 Å². The molecule has 0 radical (unpaired) electrons. The maximum absolute atomic E-state index is 12.6. The quantitative estimate of drug-likeness (QED) is 0.898. The maximum Gasteiger partial charge on any atom is 0.251 e. The summed E-state index contributed by atoms with van der Waals surface area (Å²) in [6.45, 7) is 4.03. The van der Waals surface area contributed by atoms with Crippen LogP contribution in [0.4, 0.5) is 0 Å². The lowest BCUT2D eigenvalue weighted by Crippen LogP contribution is -2.41. The van der Waals surface area contributed by atoms with E-state index in [0.717, 1.165) is 17.1 Å². The Morgan fingerprint density at radius 1 is 1.29 bits per heavy atom. The molecule has 2 aromatic rings. The number of carbonyl (C=O) groups excluding carboxylic acids is 1. The van der Waals surface area contributed by atoms with E-state index in [1.807, 2.05) is 32.0 Å². The Morgan fingerprint density at radius 3 is 2.79 bits per heavy atom. The summed E-state index contributed by atoms with van der Waals surface area (Å²) < 4.78 is 11.3. The van der Waals surface area contributed by atoms with Crippen LogP contribution in [0.2, 0.25) is 5.02 Å². The molecule has 0 bridgehead atoms. The minimum absolute atomic E-state index is 0.158. The molecule has 1 amide bonds. The Balaban J connectivity index is 1.91. The zero-order valence-electron chi connectivity index (χ0n) is 13.9. The van der Waals surface area contributed by atoms with Gasteiger partial charge in [-0.1, -0.05) is 17.7 Å². The van der Waals surface area contributed by atoms with Gasteiger partial charge in [0.1, 0.15) is 17.1 Å². The summed E-state index contributed by atoms with van der Waals surface area (Å²) in [6, 6.07) is 12.4. The van der Waals surface area contributed by atoms with E-state index in [4.69, 9.17) is 21.1 Å². The van der Waals surface area contributed by atoms with Crippen LogP contribution in [0.5, 0.6) is 11.5 Å². The van der Waals surface area contributed by atoms with Crippen molar-refractivity contribution in [3.63, 3.8) is 0 Å². The number of hydrogen-bond donors (Lipinski definition) is 1. The number of rotatable bonds is 3. The van der Waals surface area contributed by atoms with Gasteiger partial charge in [0, 0.05) is 22.6 Å². The van der Waals surface area contributed by atoms with Crippen molar-refractivity contribution in [1.29, 1.82) is 0 Å². The van der Waals surface area contributed by atoms with Crippen molar-refractivity contribution in [3.8, 4) is 11.5 Å². The van der Waals surface area contributed by atoms with Gasteiger partial charge in [-0.15, -0.1) is 0 Å². The molecule has 0 saturated carbocycles. The Labute approximate surface area is 146 Å². The Hall–Kier alpha value is -2.20. The summed E-state index contributed by atoms with van der Waals surface area (Å²) in [6.07, 6.45) is 0.666. The molecular formula is C19H20ClNO3. The molecule has 4 nitrogen and oxygen atoms in total. The number of benzene rings is 2. The molecule has 1 aliphatic heterocycles. The van der Waals surface area contributed by atoms with Gasteiger partial charge in [0.2, 0.25) is 0 Å². The van der Waals surface area contributed by atoms with Crippen LogP contribution in [-0.4, -0.2) is 18.6 Å². The Kier molecular flexibility index (Phi) is 4.41. The molecule has 0 spiro atoms. The minimum atomic E-state index is -0.367. The Morgan fingerprint density at radius 2 is 2.08 bits per heavy atom. The van der Waals surface area contributed by atoms with Crippen LogP contribution in [-0.2, 0) is 0 Å². The predicted molar refractivity (Wildman–Crippen MR) is 94.0 cm³/mol. The van der Waals surface area contributed by atoms with Crippen molar-refractivity contribution in [2.24, 2.45) is 0 Å². The molecule has 1 aliphatic rings. The van der Waals surface area contributed by atoms with Crippen LogP contribution in [0, 0.1) is 0 Å². The number of nitrogens with one attached hydrogen (secondary N) is 1. The lowest BCUT2D eigenvalue weighted by Gasteiger charge is -2.38. The smallest absolute Gasteiger partial charge is 0.251 e. The number of ether oxygens (including phenoxy) is 2. The van der Waals surface area contributed by atoms with Gasteiger partial charge < -0.3 is 14.8 Å². The first-order valence-corrected chi connectivity index (χ1v) is 8.19. The molecule has 0 saturated heterocycles. The van der Waals surface area contributed by atoms with Crippen LogP contribution in [0.1, 0.15) is 42.2 Å². The van der Waals surface area contributed by atoms with E-state index in [-0.39, 0.29) is 17.6 Å². The van der Waals surface area contributed by atoms with Gasteiger partial charge in [0.15, 0.2) is 0 Å². The van der Waals surface area contributed by atoms with Crippen LogP contribution < -0.4 is 14.8 Å². The summed E-state index contributed by atoms with van der Waals surface area (Å²) >= 11 is 5.98. The lowest BCUT2D eigenvalue weighted by atomic mass is 9.89. The molecule has 3 rings (SSSR count). The van der Waals surface area contributed by atoms with E-state index in [1.54, 1.807) is 31.4 Å². The number of methoxy groups -OCH3 is 1. The van der Waals surface area contributed by atoms with E-state index in [1.165, 1.54) is 0 Å². The fraction of sp³-hybridized carbons (Fsp3) is 0.316. The molecule has 1 heterocycles. The topological polar surface area (TPSA) is 47.6 Å². The molecule has 2 aromatic carbocycles. The first kappa shape index (κ1) is 16.7. The zero-order valence-corrected chi connectivity index (χ0v) is 14.7. The first-order chi connectivity index (χ1) is 11.4. The van der Waals surface area contributed by atoms with E-state index in [2.05, 4.69) is 5.32 Å². The second-order valence-electron chi connectivity index (χ2n) is 6.51. The van der Waals surface area contributed by atoms with Crippen molar-refractivity contribution in [3.05, 3.63) is 58.6 Å². The molecule has 24 heavy (non-hydrogen) atoms. The molecule has 1 N–H and O–H groups in total. The number of carbonyl (C=O) groups is 1. The highest BCUT2D eigenvalue weighted by atomic mass is 35.5. The molecule has 0 aromatic heterocycles. The van der Waals surface area contributed by atoms with Gasteiger partial charge in [-0.2, -0.15) is 0 Å². The molecule has 126 valence electrons. The summed E-state index contributed by atoms with van der Waals surface area (Å²) in [5.41, 5.74) is 1.09. The Bertz CT molecular complexity index is 773. The molecule has 0 fully saturated rings. The van der Waals surface area contributed by atoms with Crippen LogP contribution in [0.3, 0.4) is 0 Å². The van der Waals surface area contributed by atoms with Crippen molar-refractivity contribution in [2.45, 2.75) is 31.9 Å². The standard InChI is InChI=1S/C19H20ClNO3/c1-19(2)11-16(15-10-14(23-3)7-8-17(15)24-19)21-18(22)12-5-4-6-13(20)9-12/h4-10,16H,11H2,1-3H3,(H,21,22)/t16-/m1/s1. The average molecular weight is 346 g/mol. The van der Waals surface area contributed by atoms with Gasteiger partial charge in [-0.05, 0) is 50.2 Å². The molecular weight excluding hydrogens is 326 g/mol. The van der Waals surface area contributed by atoms with Gasteiger partial charge in [-0.3, -0.25) is 4.79 Å². The van der Waals surface area contributed by atoms with Crippen molar-refractivity contribution in [2.75, 3.05) is 7.11 Å². The number of hydrogen-bond acceptors (Lipinski definition) is 3. The third-order valence-electron chi connectivity index (χ3n) is 4.07. The summed E-state index contributed by atoms with van der Waals surface area (Å²) in [5.74, 6) is 1.34. The first-order valence-electron chi connectivity index (χ1n) is 7.81. The van der Waals surface area contributed by atoms with Gasteiger partial charge >= 0.3 is 0 Å². The predicted octanol–water partition coefficient (Wildman–Crippen LogP) is 4.38. The fourth-order valence-corrected chi connectivity index (χ4v) is 3.15. The van der Waals surface area contributed by atoms with E-state index in [9.17, 15) is 4.79 Å². The monoisotopic (exact) mass is 345 g/mol. The van der Waals surface area contributed by atoms with Crippen molar-refractivity contribution in [1.82, 2.24) is 5.32 Å². The van der Waals surface area contributed by atoms with Gasteiger partial charge in [-0.25, -0.2) is 0 Å². The van der Waals surface area contributed by atoms with Crippen molar-refractivity contribution < 1.29 is 14.3 Å². The average Bonchev–Trinajstić information content (AvgIpc) is 2.53. The SMILES string of the molecule is COc1ccc2c(c1)[C@H](NC(=O)c1cccc(Cl)c1)CC(C)(C)O2. The summed E-state index contributed by atoms with van der Waals surface area (Å²) in [5, 5.41) is 3.63. The van der Waals surface area contributed by atoms with Crippen molar-refractivity contribution >= 4 is 17.5 Å². The number of fused-ring (bicyclic) bond motifs is 1. The lowest BCUT2D eigenvalue weighted by molar-refractivity contribution is 0.0618. The maximum atomic E-state index is 12.6. The second-order valence-corrected chi connectivity index (χ2v) is 6.94. The third kappa shape index (κ3) is 3.49. The highest BCUT2D eigenvalue weighted by Crippen LogP contribution is 2.41. The van der Waals surface area contributed by atoms with Crippen LogP contribution in [0.25, 0.3) is 0 Å². The second kappa shape index (κ2) is 6.36.